The van der Waals surface area contributed by atoms with Crippen molar-refractivity contribution in [3.8, 4) is 17.2 Å². The molecule has 0 saturated heterocycles. The first-order chi connectivity index (χ1) is 14.8. The van der Waals surface area contributed by atoms with Gasteiger partial charge in [-0.05, 0) is 41.5 Å². The highest BCUT2D eigenvalue weighted by Crippen LogP contribution is 2.23. The van der Waals surface area contributed by atoms with Crippen molar-refractivity contribution in [3.05, 3.63) is 72.7 Å². The number of fused-ring (bicyclic) bond motifs is 1. The Bertz CT molecular complexity index is 1290. The van der Waals surface area contributed by atoms with Gasteiger partial charge in [0.1, 0.15) is 12.1 Å². The molecule has 148 valence electrons. The van der Waals surface area contributed by atoms with Crippen LogP contribution in [0.1, 0.15) is 5.56 Å². The third-order valence-electron chi connectivity index (χ3n) is 4.74. The molecule has 0 radical (unpaired) electrons. The van der Waals surface area contributed by atoms with Crippen LogP contribution in [0.2, 0.25) is 0 Å². The number of tetrazole rings is 1. The van der Waals surface area contributed by atoms with E-state index in [0.717, 1.165) is 35.4 Å². The van der Waals surface area contributed by atoms with E-state index in [0.29, 0.717) is 11.8 Å². The Balaban J connectivity index is 1.40. The van der Waals surface area contributed by atoms with Crippen LogP contribution in [0, 0.1) is 0 Å². The summed E-state index contributed by atoms with van der Waals surface area (Å²) in [5.41, 5.74) is 3.91. The van der Waals surface area contributed by atoms with Gasteiger partial charge in [-0.15, -0.1) is 10.2 Å². The summed E-state index contributed by atoms with van der Waals surface area (Å²) in [5, 5.41) is 15.6. The second-order valence-electron chi connectivity index (χ2n) is 6.82. The van der Waals surface area contributed by atoms with Crippen LogP contribution in [-0.2, 0) is 13.5 Å². The summed E-state index contributed by atoms with van der Waals surface area (Å²) in [4.78, 5) is 14.9. The molecule has 0 unspecified atom stereocenters. The maximum Gasteiger partial charge on any atom is 0.224 e. The summed E-state index contributed by atoms with van der Waals surface area (Å²) in [6.45, 7) is 0.751. The van der Waals surface area contributed by atoms with Gasteiger partial charge in [-0.1, -0.05) is 30.3 Å². The number of anilines is 1. The average Bonchev–Trinajstić information content (AvgIpc) is 3.40. The summed E-state index contributed by atoms with van der Waals surface area (Å²) in [7, 11) is 1.74. The number of benzene rings is 2. The highest BCUT2D eigenvalue weighted by atomic mass is 15.6. The van der Waals surface area contributed by atoms with Gasteiger partial charge in [0, 0.05) is 18.3 Å². The van der Waals surface area contributed by atoms with Crippen LogP contribution in [0.3, 0.4) is 0 Å². The molecule has 0 spiro atoms. The molecule has 0 saturated carbocycles. The van der Waals surface area contributed by atoms with Crippen molar-refractivity contribution in [2.45, 2.75) is 6.42 Å². The Labute approximate surface area is 172 Å². The third-order valence-corrected chi connectivity index (χ3v) is 4.74. The minimum Gasteiger partial charge on any atom is -0.354 e. The zero-order chi connectivity index (χ0) is 20.3. The molecule has 0 aliphatic carbocycles. The van der Waals surface area contributed by atoms with Crippen LogP contribution in [0.25, 0.3) is 28.2 Å². The quantitative estimate of drug-likeness (QED) is 0.470. The molecule has 0 aliphatic heterocycles. The number of rotatable bonds is 6. The van der Waals surface area contributed by atoms with E-state index in [2.05, 4.69) is 47.8 Å². The molecule has 30 heavy (non-hydrogen) atoms. The molecule has 3 aromatic heterocycles. The fourth-order valence-corrected chi connectivity index (χ4v) is 3.26. The molecule has 9 heteroatoms. The molecule has 5 rings (SSSR count). The highest BCUT2D eigenvalue weighted by Gasteiger charge is 2.11. The zero-order valence-corrected chi connectivity index (χ0v) is 16.3. The molecule has 3 heterocycles. The lowest BCUT2D eigenvalue weighted by molar-refractivity contribution is 0.630. The number of nitrogens with zero attached hydrogens (tertiary/aromatic N) is 8. The summed E-state index contributed by atoms with van der Waals surface area (Å²) in [6.07, 6.45) is 4.40. The van der Waals surface area contributed by atoms with E-state index in [9.17, 15) is 0 Å². The topological polar surface area (TPSA) is 99.2 Å². The van der Waals surface area contributed by atoms with Crippen molar-refractivity contribution < 1.29 is 0 Å². The van der Waals surface area contributed by atoms with Gasteiger partial charge in [-0.3, -0.25) is 4.57 Å². The van der Waals surface area contributed by atoms with Gasteiger partial charge in [0.25, 0.3) is 0 Å². The number of aryl methyl sites for hydroxylation is 1. The predicted molar refractivity (Wildman–Crippen MR) is 113 cm³/mol. The molecule has 2 aromatic carbocycles. The van der Waals surface area contributed by atoms with Crippen molar-refractivity contribution in [2.75, 3.05) is 11.9 Å². The lowest BCUT2D eigenvalue weighted by Crippen LogP contribution is -2.09. The fraction of sp³-hybridized carbons (Fsp3) is 0.143. The summed E-state index contributed by atoms with van der Waals surface area (Å²) in [6, 6.07) is 18.1. The standard InChI is InChI=1S/C21H19N9/c1-29-27-20(26-28-29)16-7-8-17-18(13-16)30(14-24-17)19-10-12-23-21(25-19)22-11-9-15-5-3-2-4-6-15/h2-8,10,12-14H,9,11H2,1H3,(H,22,23,25). The Kier molecular flexibility index (Phi) is 4.60. The second-order valence-corrected chi connectivity index (χ2v) is 6.82. The van der Waals surface area contributed by atoms with E-state index in [1.165, 1.54) is 10.4 Å². The van der Waals surface area contributed by atoms with Crippen LogP contribution in [0.4, 0.5) is 5.95 Å². The van der Waals surface area contributed by atoms with Gasteiger partial charge < -0.3 is 5.32 Å². The SMILES string of the molecule is Cn1nnc(-c2ccc3ncn(-c4ccnc(NCCc5ccccc5)n4)c3c2)n1. The summed E-state index contributed by atoms with van der Waals surface area (Å²) in [5.74, 6) is 1.88. The summed E-state index contributed by atoms with van der Waals surface area (Å²) < 4.78 is 1.93. The minimum absolute atomic E-state index is 0.568. The van der Waals surface area contributed by atoms with Crippen molar-refractivity contribution in [1.29, 1.82) is 0 Å². The number of imidazole rings is 1. The molecule has 0 amide bonds. The number of aromatic nitrogens is 8. The number of hydrogen-bond donors (Lipinski definition) is 1. The molecule has 5 aromatic rings. The molecular formula is C21H19N9. The maximum absolute atomic E-state index is 4.66. The second kappa shape index (κ2) is 7.70. The maximum atomic E-state index is 4.66. The van der Waals surface area contributed by atoms with E-state index in [4.69, 9.17) is 0 Å². The Morgan fingerprint density at radius 2 is 1.90 bits per heavy atom. The first-order valence-corrected chi connectivity index (χ1v) is 9.59. The Morgan fingerprint density at radius 3 is 2.73 bits per heavy atom. The monoisotopic (exact) mass is 397 g/mol. The van der Waals surface area contributed by atoms with Gasteiger partial charge in [0.15, 0.2) is 0 Å². The van der Waals surface area contributed by atoms with Crippen molar-refractivity contribution in [3.63, 3.8) is 0 Å². The largest absolute Gasteiger partial charge is 0.354 e. The Morgan fingerprint density at radius 1 is 1.00 bits per heavy atom. The molecule has 0 aliphatic rings. The molecule has 0 bridgehead atoms. The van der Waals surface area contributed by atoms with E-state index >= 15 is 0 Å². The van der Waals surface area contributed by atoms with Crippen LogP contribution in [0.5, 0.6) is 0 Å². The van der Waals surface area contributed by atoms with Gasteiger partial charge in [0.2, 0.25) is 11.8 Å². The molecule has 1 N–H and O–H groups in total. The van der Waals surface area contributed by atoms with Crippen molar-refractivity contribution in [2.24, 2.45) is 7.05 Å². The molecule has 0 atom stereocenters. The summed E-state index contributed by atoms with van der Waals surface area (Å²) >= 11 is 0. The molecule has 9 nitrogen and oxygen atoms in total. The van der Waals surface area contributed by atoms with E-state index in [1.54, 1.807) is 19.6 Å². The van der Waals surface area contributed by atoms with E-state index in [-0.39, 0.29) is 0 Å². The van der Waals surface area contributed by atoms with Crippen LogP contribution in [0.15, 0.2) is 67.1 Å². The van der Waals surface area contributed by atoms with Crippen LogP contribution in [-0.4, -0.2) is 46.3 Å². The first-order valence-electron chi connectivity index (χ1n) is 9.59. The Hall–Kier alpha value is -4.14. The van der Waals surface area contributed by atoms with Crippen molar-refractivity contribution >= 4 is 17.0 Å². The van der Waals surface area contributed by atoms with Crippen LogP contribution >= 0.6 is 0 Å². The van der Waals surface area contributed by atoms with Gasteiger partial charge in [0.05, 0.1) is 18.1 Å². The minimum atomic E-state index is 0.568. The van der Waals surface area contributed by atoms with Crippen molar-refractivity contribution in [1.82, 2.24) is 39.7 Å². The highest BCUT2D eigenvalue weighted by molar-refractivity contribution is 5.82. The fourth-order valence-electron chi connectivity index (χ4n) is 3.26. The number of hydrogen-bond acceptors (Lipinski definition) is 7. The number of nitrogens with one attached hydrogen (secondary N) is 1. The smallest absolute Gasteiger partial charge is 0.224 e. The van der Waals surface area contributed by atoms with Gasteiger partial charge in [-0.2, -0.15) is 9.78 Å². The zero-order valence-electron chi connectivity index (χ0n) is 16.3. The van der Waals surface area contributed by atoms with E-state index in [1.807, 2.05) is 47.0 Å². The van der Waals surface area contributed by atoms with E-state index < -0.39 is 0 Å². The molecule has 0 fully saturated rings. The predicted octanol–water partition coefficient (Wildman–Crippen LogP) is 2.66. The van der Waals surface area contributed by atoms with Gasteiger partial charge in [-0.25, -0.2) is 9.97 Å². The van der Waals surface area contributed by atoms with Crippen LogP contribution < -0.4 is 5.32 Å². The molecular weight excluding hydrogens is 378 g/mol. The normalized spacial score (nSPS) is 11.1. The average molecular weight is 397 g/mol. The lowest BCUT2D eigenvalue weighted by atomic mass is 10.1. The first kappa shape index (κ1) is 17.9. The lowest BCUT2D eigenvalue weighted by Gasteiger charge is -2.08. The third kappa shape index (κ3) is 3.60. The van der Waals surface area contributed by atoms with Gasteiger partial charge >= 0.3 is 0 Å².